The van der Waals surface area contributed by atoms with Crippen LogP contribution >= 0.6 is 0 Å². The molecule has 0 aliphatic carbocycles. The molecule has 7 nitrogen and oxygen atoms in total. The summed E-state index contributed by atoms with van der Waals surface area (Å²) in [7, 11) is 0. The fourth-order valence-corrected chi connectivity index (χ4v) is 2.99. The Morgan fingerprint density at radius 3 is 2.00 bits per heavy atom. The van der Waals surface area contributed by atoms with Crippen LogP contribution in [0.25, 0.3) is 0 Å². The minimum atomic E-state index is -1.45. The van der Waals surface area contributed by atoms with Gasteiger partial charge in [0.25, 0.3) is 0 Å². The van der Waals surface area contributed by atoms with Gasteiger partial charge in [-0.05, 0) is 44.9 Å². The Balaban J connectivity index is 2.02. The third-order valence-corrected chi connectivity index (χ3v) is 4.91. The van der Waals surface area contributed by atoms with E-state index >= 15 is 0 Å². The van der Waals surface area contributed by atoms with Gasteiger partial charge in [0.05, 0.1) is 0 Å². The Bertz CT molecular complexity index is 731. The average Bonchev–Trinajstić information content (AvgIpc) is 3.06. The summed E-state index contributed by atoms with van der Waals surface area (Å²) >= 11 is 0. The first kappa shape index (κ1) is 28.2. The quantitative estimate of drug-likeness (QED) is 0.153. The van der Waals surface area contributed by atoms with Crippen molar-refractivity contribution in [3.8, 4) is 0 Å². The molecule has 0 spiro atoms. The second kappa shape index (κ2) is 17.7. The van der Waals surface area contributed by atoms with Gasteiger partial charge in [0, 0.05) is 6.42 Å². The van der Waals surface area contributed by atoms with Crippen molar-refractivity contribution in [2.24, 2.45) is 0 Å². The molecule has 0 unspecified atom stereocenters. The van der Waals surface area contributed by atoms with E-state index in [4.69, 9.17) is 4.74 Å². The highest BCUT2D eigenvalue weighted by Gasteiger charge is 2.39. The predicted octanol–water partition coefficient (Wildman–Crippen LogP) is 5.29. The highest BCUT2D eigenvalue weighted by atomic mass is 16.6. The van der Waals surface area contributed by atoms with E-state index in [-0.39, 0.29) is 6.42 Å². The minimum absolute atomic E-state index is 0.183. The molecule has 184 valence electrons. The van der Waals surface area contributed by atoms with E-state index in [9.17, 15) is 24.9 Å². The van der Waals surface area contributed by atoms with Crippen molar-refractivity contribution in [1.29, 1.82) is 0 Å². The SMILES string of the molecule is CCCCC/C=C\C/C=C\C/C=C\C/C=C\CCCC(=O)OC[C@H](O)[C@H]1OC(=O)C(O)=C1O. The molecule has 0 saturated carbocycles. The third-order valence-electron chi connectivity index (χ3n) is 4.91. The molecule has 0 saturated heterocycles. The van der Waals surface area contributed by atoms with Crippen LogP contribution in [0.2, 0.25) is 0 Å². The molecule has 1 rings (SSSR count). The van der Waals surface area contributed by atoms with Gasteiger partial charge in [0.2, 0.25) is 5.76 Å². The summed E-state index contributed by atoms with van der Waals surface area (Å²) in [4.78, 5) is 22.8. The largest absolute Gasteiger partial charge is 0.505 e. The maximum absolute atomic E-state index is 11.7. The number of cyclic esters (lactones) is 1. The first-order valence-electron chi connectivity index (χ1n) is 11.7. The fourth-order valence-electron chi connectivity index (χ4n) is 2.99. The molecule has 1 heterocycles. The van der Waals surface area contributed by atoms with Crippen molar-refractivity contribution in [2.45, 2.75) is 83.3 Å². The van der Waals surface area contributed by atoms with Gasteiger partial charge in [-0.25, -0.2) is 4.79 Å². The number of hydrogen-bond donors (Lipinski definition) is 3. The summed E-state index contributed by atoms with van der Waals surface area (Å²) < 4.78 is 9.52. The molecule has 7 heteroatoms. The van der Waals surface area contributed by atoms with E-state index in [1.807, 2.05) is 12.2 Å². The van der Waals surface area contributed by atoms with Crippen LogP contribution < -0.4 is 0 Å². The van der Waals surface area contributed by atoms with Gasteiger partial charge in [-0.15, -0.1) is 0 Å². The maximum Gasteiger partial charge on any atom is 0.377 e. The maximum atomic E-state index is 11.7. The number of carbonyl (C=O) groups is 2. The monoisotopic (exact) mass is 462 g/mol. The summed E-state index contributed by atoms with van der Waals surface area (Å²) in [5, 5.41) is 28.5. The Hall–Kier alpha value is -2.80. The lowest BCUT2D eigenvalue weighted by Crippen LogP contribution is -2.33. The topological polar surface area (TPSA) is 113 Å². The van der Waals surface area contributed by atoms with Crippen molar-refractivity contribution < 1.29 is 34.4 Å². The zero-order chi connectivity index (χ0) is 24.3. The zero-order valence-electron chi connectivity index (χ0n) is 19.5. The fraction of sp³-hybridized carbons (Fsp3) is 0.538. The summed E-state index contributed by atoms with van der Waals surface area (Å²) in [6.07, 6.45) is 23.5. The van der Waals surface area contributed by atoms with Crippen LogP contribution in [0.15, 0.2) is 60.1 Å². The van der Waals surface area contributed by atoms with Crippen molar-refractivity contribution in [3.63, 3.8) is 0 Å². The second-order valence-electron chi connectivity index (χ2n) is 7.79. The molecule has 0 fully saturated rings. The summed E-state index contributed by atoms with van der Waals surface area (Å²) in [6.45, 7) is 1.77. The van der Waals surface area contributed by atoms with Crippen LogP contribution in [0.4, 0.5) is 0 Å². The third kappa shape index (κ3) is 12.7. The normalized spacial score (nSPS) is 17.8. The van der Waals surface area contributed by atoms with Crippen LogP contribution in [-0.2, 0) is 19.1 Å². The van der Waals surface area contributed by atoms with E-state index in [2.05, 4.69) is 48.1 Å². The van der Waals surface area contributed by atoms with Gasteiger partial charge >= 0.3 is 11.9 Å². The van der Waals surface area contributed by atoms with E-state index in [0.717, 1.165) is 25.7 Å². The number of hydrogen-bond acceptors (Lipinski definition) is 7. The first-order valence-corrected chi connectivity index (χ1v) is 11.7. The molecular weight excluding hydrogens is 424 g/mol. The van der Waals surface area contributed by atoms with Crippen molar-refractivity contribution >= 4 is 11.9 Å². The van der Waals surface area contributed by atoms with Crippen molar-refractivity contribution in [3.05, 3.63) is 60.1 Å². The molecule has 3 N–H and O–H groups in total. The highest BCUT2D eigenvalue weighted by molar-refractivity contribution is 5.89. The van der Waals surface area contributed by atoms with Crippen molar-refractivity contribution in [1.82, 2.24) is 0 Å². The van der Waals surface area contributed by atoms with Crippen molar-refractivity contribution in [2.75, 3.05) is 6.61 Å². The van der Waals surface area contributed by atoms with E-state index in [1.165, 1.54) is 25.7 Å². The summed E-state index contributed by atoms with van der Waals surface area (Å²) in [5.74, 6) is -3.32. The predicted molar refractivity (Wildman–Crippen MR) is 128 cm³/mol. The standard InChI is InChI=1S/C26H38O7/c1-2-3-4-5-6-7-8-9-10-11-12-13-14-15-16-17-18-19-22(28)32-20-21(27)25-23(29)24(30)26(31)33-25/h6-7,9-10,12-13,15-16,21,25,27,29-30H,2-5,8,11,14,17-20H2,1H3/b7-6-,10-9-,13-12-,16-15-/t21-,25+/m0/s1. The molecule has 0 aromatic carbocycles. The summed E-state index contributed by atoms with van der Waals surface area (Å²) in [6, 6.07) is 0. The minimum Gasteiger partial charge on any atom is -0.505 e. The van der Waals surface area contributed by atoms with Gasteiger partial charge < -0.3 is 24.8 Å². The molecule has 33 heavy (non-hydrogen) atoms. The van der Waals surface area contributed by atoms with Gasteiger partial charge in [-0.3, -0.25) is 4.79 Å². The van der Waals surface area contributed by atoms with Gasteiger partial charge in [0.15, 0.2) is 11.9 Å². The van der Waals surface area contributed by atoms with Gasteiger partial charge in [-0.1, -0.05) is 68.4 Å². The number of allylic oxidation sites excluding steroid dienone is 8. The van der Waals surface area contributed by atoms with Crippen LogP contribution in [-0.4, -0.2) is 46.1 Å². The number of carbonyl (C=O) groups excluding carboxylic acids is 2. The molecule has 0 amide bonds. The molecular formula is C26H38O7. The lowest BCUT2D eigenvalue weighted by Gasteiger charge is -2.17. The van der Waals surface area contributed by atoms with Crippen LogP contribution in [0.3, 0.4) is 0 Å². The first-order chi connectivity index (χ1) is 16.0. The van der Waals surface area contributed by atoms with E-state index < -0.39 is 42.3 Å². The number of rotatable bonds is 17. The number of ether oxygens (including phenoxy) is 2. The second-order valence-corrected chi connectivity index (χ2v) is 7.79. The Labute approximate surface area is 196 Å². The lowest BCUT2D eigenvalue weighted by molar-refractivity contribution is -0.154. The number of aliphatic hydroxyl groups is 3. The Morgan fingerprint density at radius 2 is 1.48 bits per heavy atom. The van der Waals surface area contributed by atoms with Crippen LogP contribution in [0.1, 0.15) is 71.1 Å². The molecule has 0 aromatic heterocycles. The van der Waals surface area contributed by atoms with Crippen LogP contribution in [0, 0.1) is 0 Å². The molecule has 0 bridgehead atoms. The van der Waals surface area contributed by atoms with Gasteiger partial charge in [-0.2, -0.15) is 0 Å². The molecule has 1 aliphatic heterocycles. The lowest BCUT2D eigenvalue weighted by atomic mass is 10.2. The number of aliphatic hydroxyl groups excluding tert-OH is 3. The molecule has 0 aromatic rings. The smallest absolute Gasteiger partial charge is 0.377 e. The van der Waals surface area contributed by atoms with E-state index in [0.29, 0.717) is 6.42 Å². The number of esters is 2. The molecule has 1 aliphatic rings. The molecule has 0 radical (unpaired) electrons. The van der Waals surface area contributed by atoms with E-state index in [1.54, 1.807) is 0 Å². The molecule has 2 atom stereocenters. The number of unbranched alkanes of at least 4 members (excludes halogenated alkanes) is 4. The van der Waals surface area contributed by atoms with Gasteiger partial charge in [0.1, 0.15) is 12.7 Å². The Morgan fingerprint density at radius 1 is 0.939 bits per heavy atom. The Kier molecular flexibility index (Phi) is 15.2. The van der Waals surface area contributed by atoms with Crippen LogP contribution in [0.5, 0.6) is 0 Å². The average molecular weight is 463 g/mol. The summed E-state index contributed by atoms with van der Waals surface area (Å²) in [5.41, 5.74) is 0. The zero-order valence-corrected chi connectivity index (χ0v) is 19.5. The highest BCUT2D eigenvalue weighted by Crippen LogP contribution is 2.21.